The minimum Gasteiger partial charge on any atom is -0.481 e. The number of halogens is 1. The molecule has 0 aromatic heterocycles. The number of hydrogen-bond donors (Lipinski definition) is 2. The second-order valence-electron chi connectivity index (χ2n) is 4.27. The highest BCUT2D eigenvalue weighted by Crippen LogP contribution is 2.21. The van der Waals surface area contributed by atoms with Gasteiger partial charge >= 0.3 is 12.0 Å². The zero-order chi connectivity index (χ0) is 16.0. The molecule has 0 aliphatic heterocycles. The lowest BCUT2D eigenvalue weighted by atomic mass is 10.2. The van der Waals surface area contributed by atoms with Crippen molar-refractivity contribution in [3.63, 3.8) is 0 Å². The molecule has 0 bridgehead atoms. The maximum Gasteiger partial charge on any atom is 0.321 e. The van der Waals surface area contributed by atoms with Crippen molar-refractivity contribution < 1.29 is 24.0 Å². The van der Waals surface area contributed by atoms with E-state index in [1.54, 1.807) is 0 Å². The number of amides is 2. The van der Waals surface area contributed by atoms with E-state index in [1.807, 2.05) is 0 Å². The summed E-state index contributed by atoms with van der Waals surface area (Å²) in [6, 6.07) is 2.11. The third-order valence-electron chi connectivity index (χ3n) is 2.63. The predicted octanol–water partition coefficient (Wildman–Crippen LogP) is 2.06. The SMILES string of the molecule is CN(CCCC(=O)O)C(=O)Nc1cc([N+](=O)[O-])ccc1F. The van der Waals surface area contributed by atoms with E-state index >= 15 is 0 Å². The Morgan fingerprint density at radius 1 is 1.48 bits per heavy atom. The summed E-state index contributed by atoms with van der Waals surface area (Å²) >= 11 is 0. The molecule has 114 valence electrons. The van der Waals surface area contributed by atoms with Gasteiger partial charge in [-0.25, -0.2) is 9.18 Å². The zero-order valence-electron chi connectivity index (χ0n) is 11.2. The number of hydrogen-bond acceptors (Lipinski definition) is 4. The second-order valence-corrected chi connectivity index (χ2v) is 4.27. The van der Waals surface area contributed by atoms with Crippen molar-refractivity contribution in [2.45, 2.75) is 12.8 Å². The van der Waals surface area contributed by atoms with E-state index in [4.69, 9.17) is 5.11 Å². The van der Waals surface area contributed by atoms with Crippen LogP contribution in [0.2, 0.25) is 0 Å². The number of carbonyl (C=O) groups is 2. The van der Waals surface area contributed by atoms with E-state index in [0.29, 0.717) is 0 Å². The summed E-state index contributed by atoms with van der Waals surface area (Å²) in [5, 5.41) is 21.3. The number of nitro benzene ring substituents is 1. The number of carboxylic acid groups (broad SMARTS) is 1. The van der Waals surface area contributed by atoms with E-state index in [-0.39, 0.29) is 30.8 Å². The standard InChI is InChI=1S/C12H14FN3O5/c1-15(6-2-3-11(17)18)12(19)14-10-7-8(16(20)21)4-5-9(10)13/h4-5,7H,2-3,6H2,1H3,(H,14,19)(H,17,18). The molecular weight excluding hydrogens is 285 g/mol. The van der Waals surface area contributed by atoms with Gasteiger partial charge in [-0.3, -0.25) is 14.9 Å². The largest absolute Gasteiger partial charge is 0.481 e. The normalized spacial score (nSPS) is 10.0. The monoisotopic (exact) mass is 299 g/mol. The molecule has 0 unspecified atom stereocenters. The predicted molar refractivity (Wildman–Crippen MR) is 71.6 cm³/mol. The molecule has 8 nitrogen and oxygen atoms in total. The van der Waals surface area contributed by atoms with Crippen molar-refractivity contribution in [2.24, 2.45) is 0 Å². The Hall–Kier alpha value is -2.71. The molecule has 1 rings (SSSR count). The minimum atomic E-state index is -0.978. The molecule has 0 spiro atoms. The van der Waals surface area contributed by atoms with Crippen LogP contribution in [0.25, 0.3) is 0 Å². The fourth-order valence-electron chi connectivity index (χ4n) is 1.50. The summed E-state index contributed by atoms with van der Waals surface area (Å²) in [5.41, 5.74) is -0.653. The van der Waals surface area contributed by atoms with Crippen LogP contribution < -0.4 is 5.32 Å². The molecular formula is C12H14FN3O5. The zero-order valence-corrected chi connectivity index (χ0v) is 11.2. The van der Waals surface area contributed by atoms with Gasteiger partial charge in [0.2, 0.25) is 0 Å². The summed E-state index contributed by atoms with van der Waals surface area (Å²) in [7, 11) is 1.41. The molecule has 0 fully saturated rings. The number of nitro groups is 1. The van der Waals surface area contributed by atoms with Gasteiger partial charge in [0.1, 0.15) is 5.82 Å². The van der Waals surface area contributed by atoms with E-state index in [9.17, 15) is 24.1 Å². The van der Waals surface area contributed by atoms with Gasteiger partial charge in [-0.05, 0) is 12.5 Å². The first kappa shape index (κ1) is 16.3. The van der Waals surface area contributed by atoms with Gasteiger partial charge in [0.25, 0.3) is 5.69 Å². The summed E-state index contributed by atoms with van der Waals surface area (Å²) in [6.07, 6.45) is 0.152. The number of benzene rings is 1. The van der Waals surface area contributed by atoms with Crippen LogP contribution in [0.4, 0.5) is 20.6 Å². The van der Waals surface area contributed by atoms with Gasteiger partial charge in [-0.15, -0.1) is 0 Å². The van der Waals surface area contributed by atoms with E-state index in [0.717, 1.165) is 18.2 Å². The molecule has 1 aromatic carbocycles. The maximum absolute atomic E-state index is 13.5. The van der Waals surface area contributed by atoms with Crippen molar-refractivity contribution in [1.29, 1.82) is 0 Å². The van der Waals surface area contributed by atoms with Crippen LogP contribution in [0.15, 0.2) is 18.2 Å². The van der Waals surface area contributed by atoms with Gasteiger partial charge in [0.15, 0.2) is 0 Å². The maximum atomic E-state index is 13.5. The van der Waals surface area contributed by atoms with Gasteiger partial charge in [-0.2, -0.15) is 0 Å². The average Bonchev–Trinajstić information content (AvgIpc) is 2.40. The molecule has 2 amide bonds. The van der Waals surface area contributed by atoms with Crippen LogP contribution in [0.5, 0.6) is 0 Å². The van der Waals surface area contributed by atoms with Crippen molar-refractivity contribution in [1.82, 2.24) is 4.90 Å². The highest BCUT2D eigenvalue weighted by atomic mass is 19.1. The van der Waals surface area contributed by atoms with Crippen LogP contribution in [-0.2, 0) is 4.79 Å². The Labute approximate surface area is 119 Å². The van der Waals surface area contributed by atoms with Crippen LogP contribution in [0.3, 0.4) is 0 Å². The van der Waals surface area contributed by atoms with Gasteiger partial charge in [0.05, 0.1) is 10.6 Å². The molecule has 1 aromatic rings. The van der Waals surface area contributed by atoms with Crippen LogP contribution in [0, 0.1) is 15.9 Å². The Balaban J connectivity index is 2.67. The molecule has 0 aliphatic carbocycles. The fourth-order valence-corrected chi connectivity index (χ4v) is 1.50. The smallest absolute Gasteiger partial charge is 0.321 e. The Bertz CT molecular complexity index is 564. The van der Waals surface area contributed by atoms with Gasteiger partial charge in [0, 0.05) is 32.1 Å². The number of nitrogens with zero attached hydrogens (tertiary/aromatic N) is 2. The lowest BCUT2D eigenvalue weighted by molar-refractivity contribution is -0.384. The third-order valence-corrected chi connectivity index (χ3v) is 2.63. The van der Waals surface area contributed by atoms with Crippen LogP contribution >= 0.6 is 0 Å². The van der Waals surface area contributed by atoms with E-state index in [2.05, 4.69) is 5.32 Å². The third kappa shape index (κ3) is 5.05. The van der Waals surface area contributed by atoms with E-state index < -0.39 is 22.7 Å². The topological polar surface area (TPSA) is 113 Å². The number of anilines is 1. The Morgan fingerprint density at radius 3 is 2.71 bits per heavy atom. The summed E-state index contributed by atoms with van der Waals surface area (Å²) < 4.78 is 13.5. The molecule has 0 saturated carbocycles. The van der Waals surface area contributed by atoms with E-state index in [1.165, 1.54) is 11.9 Å². The number of urea groups is 1. The first-order chi connectivity index (χ1) is 9.81. The van der Waals surface area contributed by atoms with Crippen molar-refractivity contribution in [3.05, 3.63) is 34.1 Å². The molecule has 21 heavy (non-hydrogen) atoms. The molecule has 0 saturated heterocycles. The highest BCUT2D eigenvalue weighted by molar-refractivity contribution is 5.89. The Morgan fingerprint density at radius 2 is 2.14 bits per heavy atom. The summed E-state index contributed by atoms with van der Waals surface area (Å²) in [5.74, 6) is -1.78. The Kier molecular flexibility index (Phi) is 5.58. The molecule has 0 atom stereocenters. The molecule has 0 aliphatic rings. The molecule has 0 radical (unpaired) electrons. The average molecular weight is 299 g/mol. The number of nitrogens with one attached hydrogen (secondary N) is 1. The van der Waals surface area contributed by atoms with Crippen molar-refractivity contribution >= 4 is 23.4 Å². The highest BCUT2D eigenvalue weighted by Gasteiger charge is 2.15. The van der Waals surface area contributed by atoms with Crippen LogP contribution in [0.1, 0.15) is 12.8 Å². The lowest BCUT2D eigenvalue weighted by Gasteiger charge is -2.17. The summed E-state index contributed by atoms with van der Waals surface area (Å²) in [6.45, 7) is 0.161. The van der Waals surface area contributed by atoms with Crippen molar-refractivity contribution in [2.75, 3.05) is 18.9 Å². The summed E-state index contributed by atoms with van der Waals surface area (Å²) in [4.78, 5) is 33.2. The number of carbonyl (C=O) groups excluding carboxylic acids is 1. The number of rotatable bonds is 6. The number of non-ortho nitro benzene ring substituents is 1. The first-order valence-electron chi connectivity index (χ1n) is 5.99. The quantitative estimate of drug-likeness (QED) is 0.616. The van der Waals surface area contributed by atoms with Crippen molar-refractivity contribution in [3.8, 4) is 0 Å². The minimum absolute atomic E-state index is 0.0945. The second kappa shape index (κ2) is 7.17. The van der Waals surface area contributed by atoms with Gasteiger partial charge in [-0.1, -0.05) is 0 Å². The number of carboxylic acids is 1. The molecule has 2 N–H and O–H groups in total. The van der Waals surface area contributed by atoms with Crippen LogP contribution in [-0.4, -0.2) is 40.5 Å². The molecule has 0 heterocycles. The first-order valence-corrected chi connectivity index (χ1v) is 5.99. The van der Waals surface area contributed by atoms with Gasteiger partial charge < -0.3 is 15.3 Å². The lowest BCUT2D eigenvalue weighted by Crippen LogP contribution is -2.32. The fraction of sp³-hybridized carbons (Fsp3) is 0.333. The number of aliphatic carboxylic acids is 1. The molecule has 9 heteroatoms.